The molecule has 2 aromatic rings. The largest absolute Gasteiger partial charge is 0.478 e. The van der Waals surface area contributed by atoms with Crippen LogP contribution in [-0.4, -0.2) is 26.8 Å². The number of rotatable bonds is 5. The number of benzene rings is 1. The Kier molecular flexibility index (Phi) is 4.68. The number of carboxylic acids is 1. The van der Waals surface area contributed by atoms with E-state index >= 15 is 0 Å². The third-order valence-electron chi connectivity index (χ3n) is 2.93. The number of aromatic nitrogens is 2. The number of nitrogens with zero attached hydrogens (tertiary/aromatic N) is 2. The van der Waals surface area contributed by atoms with Crippen molar-refractivity contribution in [1.82, 2.24) is 15.1 Å². The number of carbonyl (C=O) groups is 2. The van der Waals surface area contributed by atoms with Gasteiger partial charge in [0.25, 0.3) is 0 Å². The van der Waals surface area contributed by atoms with Gasteiger partial charge in [0.1, 0.15) is 6.54 Å². The van der Waals surface area contributed by atoms with E-state index in [0.29, 0.717) is 5.56 Å². The first-order valence-electron chi connectivity index (χ1n) is 6.45. The summed E-state index contributed by atoms with van der Waals surface area (Å²) in [7, 11) is 0. The van der Waals surface area contributed by atoms with Crippen LogP contribution in [0.1, 0.15) is 21.6 Å². The van der Waals surface area contributed by atoms with Crippen LogP contribution >= 0.6 is 0 Å². The molecule has 9 heteroatoms. The summed E-state index contributed by atoms with van der Waals surface area (Å²) in [6, 6.07) is 6.66. The first-order chi connectivity index (χ1) is 10.8. The number of halogens is 3. The number of hydrogen-bond donors (Lipinski definition) is 2. The summed E-state index contributed by atoms with van der Waals surface area (Å²) in [4.78, 5) is 22.4. The number of hydrogen-bond acceptors (Lipinski definition) is 3. The molecule has 0 aliphatic carbocycles. The number of aromatic carboxylic acids is 1. The van der Waals surface area contributed by atoms with Crippen molar-refractivity contribution in [3.63, 3.8) is 0 Å². The molecular formula is C14H12F3N3O3. The Hall–Kier alpha value is -2.84. The monoisotopic (exact) mass is 327 g/mol. The second-order valence-electron chi connectivity index (χ2n) is 4.68. The summed E-state index contributed by atoms with van der Waals surface area (Å²) < 4.78 is 38.0. The average Bonchev–Trinajstić information content (AvgIpc) is 2.94. The Morgan fingerprint density at radius 1 is 1.17 bits per heavy atom. The number of carbonyl (C=O) groups excluding carboxylic acids is 1. The van der Waals surface area contributed by atoms with Crippen LogP contribution in [-0.2, 0) is 24.1 Å². The normalized spacial score (nSPS) is 11.3. The van der Waals surface area contributed by atoms with E-state index in [4.69, 9.17) is 5.11 Å². The Morgan fingerprint density at radius 3 is 2.35 bits per heavy atom. The Morgan fingerprint density at radius 2 is 1.83 bits per heavy atom. The summed E-state index contributed by atoms with van der Waals surface area (Å²) in [5.74, 6) is -1.57. The number of alkyl halides is 3. The maximum absolute atomic E-state index is 12.4. The predicted octanol–water partition coefficient (Wildman–Crippen LogP) is 1.92. The van der Waals surface area contributed by atoms with Crippen LogP contribution in [0.5, 0.6) is 0 Å². The van der Waals surface area contributed by atoms with Crippen LogP contribution < -0.4 is 5.32 Å². The zero-order valence-electron chi connectivity index (χ0n) is 11.7. The van der Waals surface area contributed by atoms with Gasteiger partial charge in [0.15, 0.2) is 5.69 Å². The molecule has 0 saturated carbocycles. The molecule has 0 bridgehead atoms. The molecular weight excluding hydrogens is 315 g/mol. The maximum Gasteiger partial charge on any atom is 0.435 e. The van der Waals surface area contributed by atoms with Gasteiger partial charge in [0.05, 0.1) is 5.56 Å². The molecule has 0 aliphatic heterocycles. The lowest BCUT2D eigenvalue weighted by atomic mass is 10.1. The molecule has 122 valence electrons. The lowest BCUT2D eigenvalue weighted by Crippen LogP contribution is -2.27. The molecule has 0 saturated heterocycles. The van der Waals surface area contributed by atoms with Crippen LogP contribution in [0.3, 0.4) is 0 Å². The highest BCUT2D eigenvalue weighted by Crippen LogP contribution is 2.27. The summed E-state index contributed by atoms with van der Waals surface area (Å²) >= 11 is 0. The van der Waals surface area contributed by atoms with Crippen molar-refractivity contribution in [2.24, 2.45) is 0 Å². The molecule has 0 unspecified atom stereocenters. The van der Waals surface area contributed by atoms with E-state index in [1.807, 2.05) is 0 Å². The van der Waals surface area contributed by atoms with Gasteiger partial charge in [-0.25, -0.2) is 4.79 Å². The number of amides is 1. The van der Waals surface area contributed by atoms with Gasteiger partial charge in [-0.15, -0.1) is 0 Å². The lowest BCUT2D eigenvalue weighted by molar-refractivity contribution is -0.141. The highest BCUT2D eigenvalue weighted by Gasteiger charge is 2.33. The van der Waals surface area contributed by atoms with E-state index in [1.54, 1.807) is 12.1 Å². The SMILES string of the molecule is O=C(Cn1ccc(C(F)(F)F)n1)NCc1ccc(C(=O)O)cc1. The van der Waals surface area contributed by atoms with Crippen molar-refractivity contribution >= 4 is 11.9 Å². The fourth-order valence-electron chi connectivity index (χ4n) is 1.77. The highest BCUT2D eigenvalue weighted by atomic mass is 19.4. The molecule has 23 heavy (non-hydrogen) atoms. The first-order valence-corrected chi connectivity index (χ1v) is 6.45. The molecule has 1 aromatic heterocycles. The maximum atomic E-state index is 12.4. The van der Waals surface area contributed by atoms with Crippen molar-refractivity contribution in [3.8, 4) is 0 Å². The average molecular weight is 327 g/mol. The second kappa shape index (κ2) is 6.51. The molecule has 2 rings (SSSR count). The van der Waals surface area contributed by atoms with Crippen LogP contribution in [0.4, 0.5) is 13.2 Å². The van der Waals surface area contributed by atoms with Crippen molar-refractivity contribution in [2.75, 3.05) is 0 Å². The quantitative estimate of drug-likeness (QED) is 0.879. The standard InChI is InChI=1S/C14H12F3N3O3/c15-14(16,17)11-5-6-20(19-11)8-12(21)18-7-9-1-3-10(4-2-9)13(22)23/h1-6H,7-8H2,(H,18,21)(H,22,23). The minimum Gasteiger partial charge on any atom is -0.478 e. The summed E-state index contributed by atoms with van der Waals surface area (Å²) in [5.41, 5.74) is -0.273. The molecule has 0 radical (unpaired) electrons. The van der Waals surface area contributed by atoms with E-state index in [-0.39, 0.29) is 18.7 Å². The van der Waals surface area contributed by atoms with Crippen LogP contribution in [0, 0.1) is 0 Å². The highest BCUT2D eigenvalue weighted by molar-refractivity contribution is 5.87. The van der Waals surface area contributed by atoms with Gasteiger partial charge < -0.3 is 10.4 Å². The number of carboxylic acid groups (broad SMARTS) is 1. The topological polar surface area (TPSA) is 84.2 Å². The molecule has 1 aromatic carbocycles. The van der Waals surface area contributed by atoms with E-state index in [9.17, 15) is 22.8 Å². The minimum absolute atomic E-state index is 0.122. The fourth-order valence-corrected chi connectivity index (χ4v) is 1.77. The Bertz CT molecular complexity index is 708. The lowest BCUT2D eigenvalue weighted by Gasteiger charge is -2.06. The van der Waals surface area contributed by atoms with Gasteiger partial charge in [0.2, 0.25) is 5.91 Å². The zero-order chi connectivity index (χ0) is 17.0. The summed E-state index contributed by atoms with van der Waals surface area (Å²) in [6.07, 6.45) is -3.47. The van der Waals surface area contributed by atoms with Crippen molar-refractivity contribution in [3.05, 3.63) is 53.3 Å². The molecule has 6 nitrogen and oxygen atoms in total. The van der Waals surface area contributed by atoms with Crippen LogP contribution in [0.25, 0.3) is 0 Å². The predicted molar refractivity (Wildman–Crippen MR) is 72.5 cm³/mol. The van der Waals surface area contributed by atoms with Gasteiger partial charge in [-0.3, -0.25) is 9.48 Å². The van der Waals surface area contributed by atoms with Gasteiger partial charge >= 0.3 is 12.1 Å². The Labute approximate surface area is 128 Å². The molecule has 0 aliphatic rings. The van der Waals surface area contributed by atoms with Gasteiger partial charge in [-0.2, -0.15) is 18.3 Å². The van der Waals surface area contributed by atoms with E-state index in [2.05, 4.69) is 10.4 Å². The third-order valence-corrected chi connectivity index (χ3v) is 2.93. The van der Waals surface area contributed by atoms with Gasteiger partial charge in [0, 0.05) is 12.7 Å². The molecule has 0 fully saturated rings. The molecule has 0 atom stereocenters. The molecule has 0 spiro atoms. The molecule has 2 N–H and O–H groups in total. The van der Waals surface area contributed by atoms with Gasteiger partial charge in [-0.05, 0) is 23.8 Å². The molecule has 1 amide bonds. The van der Waals surface area contributed by atoms with Crippen molar-refractivity contribution in [2.45, 2.75) is 19.3 Å². The Balaban J connectivity index is 1.87. The van der Waals surface area contributed by atoms with Gasteiger partial charge in [-0.1, -0.05) is 12.1 Å². The minimum atomic E-state index is -4.55. The first kappa shape index (κ1) is 16.5. The number of nitrogens with one attached hydrogen (secondary N) is 1. The second-order valence-corrected chi connectivity index (χ2v) is 4.68. The summed E-state index contributed by atoms with van der Waals surface area (Å²) in [5, 5.41) is 14.5. The van der Waals surface area contributed by atoms with Crippen LogP contribution in [0.15, 0.2) is 36.5 Å². The van der Waals surface area contributed by atoms with E-state index in [1.165, 1.54) is 12.1 Å². The van der Waals surface area contributed by atoms with E-state index < -0.39 is 23.7 Å². The van der Waals surface area contributed by atoms with Crippen LogP contribution in [0.2, 0.25) is 0 Å². The molecule has 1 heterocycles. The third kappa shape index (κ3) is 4.56. The fraction of sp³-hybridized carbons (Fsp3) is 0.214. The van der Waals surface area contributed by atoms with E-state index in [0.717, 1.165) is 16.9 Å². The van der Waals surface area contributed by atoms with Crippen molar-refractivity contribution < 1.29 is 27.9 Å². The smallest absolute Gasteiger partial charge is 0.435 e. The van der Waals surface area contributed by atoms with Crippen molar-refractivity contribution in [1.29, 1.82) is 0 Å². The zero-order valence-corrected chi connectivity index (χ0v) is 11.7. The summed E-state index contributed by atoms with van der Waals surface area (Å²) in [6.45, 7) is -0.213.